The molecule has 6 nitrogen and oxygen atoms in total. The van der Waals surface area contributed by atoms with E-state index in [1.165, 1.54) is 57.2 Å². The first-order valence-electron chi connectivity index (χ1n) is 14.2. The molecule has 0 heterocycles. The van der Waals surface area contributed by atoms with Crippen LogP contribution in [0.3, 0.4) is 0 Å². The zero-order valence-electron chi connectivity index (χ0n) is 24.3. The highest BCUT2D eigenvalue weighted by Gasteiger charge is 2.30. The number of aliphatic hydroxyl groups excluding tert-OH is 1. The number of carbonyl (C=O) groups excluding carboxylic acids is 2. The molecule has 0 saturated heterocycles. The van der Waals surface area contributed by atoms with Gasteiger partial charge in [-0.25, -0.2) is 9.59 Å². The van der Waals surface area contributed by atoms with Crippen molar-refractivity contribution in [1.82, 2.24) is 0 Å². The third kappa shape index (κ3) is 9.94. The second kappa shape index (κ2) is 17.5. The lowest BCUT2D eigenvalue weighted by Gasteiger charge is -2.24. The molecule has 0 aliphatic rings. The van der Waals surface area contributed by atoms with Crippen molar-refractivity contribution in [1.29, 1.82) is 0 Å². The molecule has 0 spiro atoms. The van der Waals surface area contributed by atoms with Crippen LogP contribution in [0, 0.1) is 0 Å². The predicted molar refractivity (Wildman–Crippen MR) is 164 cm³/mol. The molecule has 2 unspecified atom stereocenters. The highest BCUT2D eigenvalue weighted by molar-refractivity contribution is 7.98. The summed E-state index contributed by atoms with van der Waals surface area (Å²) in [6.45, 7) is 0. The van der Waals surface area contributed by atoms with Crippen LogP contribution in [0.25, 0.3) is 0 Å². The number of benzene rings is 3. The van der Waals surface area contributed by atoms with Crippen molar-refractivity contribution in [2.75, 3.05) is 21.3 Å². The number of unbranched alkanes of at least 4 members (excludes halogenated alkanes) is 5. The number of rotatable bonds is 17. The van der Waals surface area contributed by atoms with Gasteiger partial charge < -0.3 is 19.3 Å². The first-order chi connectivity index (χ1) is 20.0. The minimum Gasteiger partial charge on any atom is -0.496 e. The van der Waals surface area contributed by atoms with Gasteiger partial charge >= 0.3 is 11.9 Å². The summed E-state index contributed by atoms with van der Waals surface area (Å²) in [5, 5.41) is 10.5. The molecule has 0 aliphatic heterocycles. The Kier molecular flexibility index (Phi) is 13.8. The van der Waals surface area contributed by atoms with Crippen LogP contribution in [0.4, 0.5) is 0 Å². The largest absolute Gasteiger partial charge is 0.496 e. The average molecular weight is 579 g/mol. The Morgan fingerprint density at radius 3 is 2.10 bits per heavy atom. The monoisotopic (exact) mass is 578 g/mol. The van der Waals surface area contributed by atoms with Crippen molar-refractivity contribution < 1.29 is 28.9 Å². The third-order valence-corrected chi connectivity index (χ3v) is 8.57. The van der Waals surface area contributed by atoms with E-state index in [0.717, 1.165) is 42.4 Å². The number of aliphatic hydroxyl groups is 1. The summed E-state index contributed by atoms with van der Waals surface area (Å²) in [4.78, 5) is 24.4. The Morgan fingerprint density at radius 1 is 0.756 bits per heavy atom. The molecular weight excluding hydrogens is 536 g/mol. The molecule has 0 saturated carbocycles. The number of carbonyl (C=O) groups is 2. The van der Waals surface area contributed by atoms with Gasteiger partial charge in [-0.15, -0.1) is 11.8 Å². The van der Waals surface area contributed by atoms with Gasteiger partial charge in [0.25, 0.3) is 0 Å². The van der Waals surface area contributed by atoms with Gasteiger partial charge in [0.1, 0.15) is 5.75 Å². The Balaban J connectivity index is 1.61. The lowest BCUT2D eigenvalue weighted by molar-refractivity contribution is -0.150. The summed E-state index contributed by atoms with van der Waals surface area (Å²) in [5.74, 6) is -0.104. The minimum atomic E-state index is -1.32. The zero-order chi connectivity index (χ0) is 29.5. The molecule has 1 N–H and O–H groups in total. The molecule has 0 fully saturated rings. The molecule has 41 heavy (non-hydrogen) atoms. The van der Waals surface area contributed by atoms with Gasteiger partial charge in [-0.2, -0.15) is 0 Å². The first-order valence-corrected chi connectivity index (χ1v) is 15.3. The van der Waals surface area contributed by atoms with Crippen LogP contribution >= 0.6 is 11.8 Å². The zero-order valence-corrected chi connectivity index (χ0v) is 25.2. The van der Waals surface area contributed by atoms with Gasteiger partial charge in [0.15, 0.2) is 6.10 Å². The summed E-state index contributed by atoms with van der Waals surface area (Å²) in [6.07, 6.45) is 7.75. The summed E-state index contributed by atoms with van der Waals surface area (Å²) in [7, 11) is 4.17. The molecular formula is C34H42O6S. The van der Waals surface area contributed by atoms with Crippen molar-refractivity contribution in [3.05, 3.63) is 101 Å². The van der Waals surface area contributed by atoms with Crippen LogP contribution in [-0.4, -0.2) is 44.5 Å². The summed E-state index contributed by atoms with van der Waals surface area (Å²) in [5.41, 5.74) is 4.71. The van der Waals surface area contributed by atoms with Crippen LogP contribution in [-0.2, 0) is 32.9 Å². The van der Waals surface area contributed by atoms with Crippen LogP contribution < -0.4 is 4.74 Å². The van der Waals surface area contributed by atoms with Crippen molar-refractivity contribution in [3.8, 4) is 5.75 Å². The molecule has 3 rings (SSSR count). The second-order valence-electron chi connectivity index (χ2n) is 10.0. The summed E-state index contributed by atoms with van der Waals surface area (Å²) >= 11 is 1.45. The quantitative estimate of drug-likeness (QED) is 0.135. The van der Waals surface area contributed by atoms with Gasteiger partial charge in [-0.05, 0) is 54.5 Å². The van der Waals surface area contributed by atoms with E-state index in [0.29, 0.717) is 17.1 Å². The van der Waals surface area contributed by atoms with Crippen LogP contribution in [0.1, 0.15) is 76.4 Å². The van der Waals surface area contributed by atoms with E-state index in [-0.39, 0.29) is 0 Å². The highest BCUT2D eigenvalue weighted by atomic mass is 32.2. The molecule has 3 aromatic carbocycles. The van der Waals surface area contributed by atoms with E-state index in [9.17, 15) is 14.7 Å². The lowest BCUT2D eigenvalue weighted by Crippen LogP contribution is -2.28. The number of ether oxygens (including phenoxy) is 3. The number of thioether (sulfide) groups is 1. The van der Waals surface area contributed by atoms with Crippen molar-refractivity contribution in [3.63, 3.8) is 0 Å². The van der Waals surface area contributed by atoms with Crippen LogP contribution in [0.2, 0.25) is 0 Å². The van der Waals surface area contributed by atoms with E-state index in [2.05, 4.69) is 36.4 Å². The van der Waals surface area contributed by atoms with Crippen LogP contribution in [0.5, 0.6) is 5.75 Å². The second-order valence-corrected chi connectivity index (χ2v) is 11.2. The van der Waals surface area contributed by atoms with Crippen LogP contribution in [0.15, 0.2) is 72.8 Å². The standard InChI is InChI=1S/C34H42O6S/c1-38-30-23-27(33(36)39-2)21-22-28(30)24-41-32(31(35)34(37)40-3)29-20-14-13-19-26(29)18-12-7-5-4-6-9-15-25-16-10-8-11-17-25/h8,10-11,13-14,16-17,19-23,31-32,35H,4-7,9,12,15,18,24H2,1-3H3. The lowest BCUT2D eigenvalue weighted by atomic mass is 9.96. The van der Waals surface area contributed by atoms with E-state index >= 15 is 0 Å². The fourth-order valence-electron chi connectivity index (χ4n) is 4.92. The summed E-state index contributed by atoms with van der Waals surface area (Å²) < 4.78 is 15.2. The highest BCUT2D eigenvalue weighted by Crippen LogP contribution is 2.39. The number of aryl methyl sites for hydroxylation is 2. The Labute approximate surface area is 248 Å². The van der Waals surface area contributed by atoms with Gasteiger partial charge in [0.05, 0.1) is 32.1 Å². The number of hydrogen-bond donors (Lipinski definition) is 1. The minimum absolute atomic E-state index is 0.394. The Morgan fingerprint density at radius 2 is 1.41 bits per heavy atom. The van der Waals surface area contributed by atoms with Gasteiger partial charge in [0, 0.05) is 11.3 Å². The Bertz CT molecular complexity index is 1230. The smallest absolute Gasteiger partial charge is 0.337 e. The van der Waals surface area contributed by atoms with Gasteiger partial charge in [-0.3, -0.25) is 0 Å². The maximum Gasteiger partial charge on any atom is 0.337 e. The first kappa shape index (κ1) is 32.2. The molecule has 0 aromatic heterocycles. The molecule has 0 radical (unpaired) electrons. The molecule has 7 heteroatoms. The number of hydrogen-bond acceptors (Lipinski definition) is 7. The maximum absolute atomic E-state index is 12.4. The van der Waals surface area contributed by atoms with Gasteiger partial charge in [-0.1, -0.05) is 86.3 Å². The average Bonchev–Trinajstić information content (AvgIpc) is 3.02. The molecule has 0 amide bonds. The summed E-state index contributed by atoms with van der Waals surface area (Å²) in [6, 6.07) is 23.8. The molecule has 220 valence electrons. The van der Waals surface area contributed by atoms with E-state index in [1.54, 1.807) is 19.2 Å². The van der Waals surface area contributed by atoms with E-state index in [4.69, 9.17) is 14.2 Å². The molecule has 2 atom stereocenters. The molecule has 0 aliphatic carbocycles. The number of methoxy groups -OCH3 is 3. The van der Waals surface area contributed by atoms with Crippen molar-refractivity contribution in [2.24, 2.45) is 0 Å². The SMILES string of the molecule is COC(=O)c1ccc(CSC(c2ccccc2CCCCCCCCc2ccccc2)C(O)C(=O)OC)c(OC)c1. The van der Waals surface area contributed by atoms with Crippen molar-refractivity contribution in [2.45, 2.75) is 68.5 Å². The van der Waals surface area contributed by atoms with Gasteiger partial charge in [0.2, 0.25) is 0 Å². The molecule has 0 bridgehead atoms. The topological polar surface area (TPSA) is 82.1 Å². The fraction of sp³-hybridized carbons (Fsp3) is 0.412. The molecule has 3 aromatic rings. The van der Waals surface area contributed by atoms with E-state index in [1.807, 2.05) is 24.3 Å². The van der Waals surface area contributed by atoms with E-state index < -0.39 is 23.3 Å². The number of esters is 2. The Hall–Kier alpha value is -3.29. The fourth-order valence-corrected chi connectivity index (χ4v) is 6.22. The van der Waals surface area contributed by atoms with Crippen molar-refractivity contribution >= 4 is 23.7 Å². The normalized spacial score (nSPS) is 12.4. The third-order valence-electron chi connectivity index (χ3n) is 7.22. The predicted octanol–water partition coefficient (Wildman–Crippen LogP) is 7.12. The maximum atomic E-state index is 12.4.